The van der Waals surface area contributed by atoms with E-state index in [2.05, 4.69) is 69.4 Å². The second-order valence-corrected chi connectivity index (χ2v) is 15.7. The fraction of sp³-hybridized carbons (Fsp3) is 0.679. The minimum absolute atomic E-state index is 0.0939. The number of ether oxygens (including phenoxy) is 3. The Bertz CT molecular complexity index is 1170. The molecule has 6 nitrogen and oxygen atoms in total. The molecule has 6 heteroatoms. The van der Waals surface area contributed by atoms with Gasteiger partial charge in [-0.05, 0) is 70.6 Å². The van der Waals surface area contributed by atoms with Gasteiger partial charge in [-0.15, -0.1) is 0 Å². The normalized spacial score (nSPS) is 12.8. The molecule has 0 aliphatic carbocycles. The average molecular weight is 821 g/mol. The lowest BCUT2D eigenvalue weighted by Gasteiger charge is -2.18. The molecule has 0 saturated heterocycles. The van der Waals surface area contributed by atoms with Crippen LogP contribution in [0.15, 0.2) is 85.1 Å². The summed E-state index contributed by atoms with van der Waals surface area (Å²) in [5.74, 6) is -0.946. The van der Waals surface area contributed by atoms with E-state index in [4.69, 9.17) is 14.2 Å². The number of esters is 3. The van der Waals surface area contributed by atoms with Gasteiger partial charge in [0.15, 0.2) is 6.10 Å². The molecule has 0 amide bonds. The first-order chi connectivity index (χ1) is 29.0. The van der Waals surface area contributed by atoms with Crippen LogP contribution in [0.4, 0.5) is 0 Å². The van der Waals surface area contributed by atoms with Crippen LogP contribution in [0.2, 0.25) is 0 Å². The molecule has 0 aromatic carbocycles. The molecule has 59 heavy (non-hydrogen) atoms. The summed E-state index contributed by atoms with van der Waals surface area (Å²) >= 11 is 0. The van der Waals surface area contributed by atoms with Crippen molar-refractivity contribution in [3.8, 4) is 0 Å². The van der Waals surface area contributed by atoms with E-state index in [0.29, 0.717) is 19.3 Å². The third-order valence-corrected chi connectivity index (χ3v) is 9.99. The monoisotopic (exact) mass is 821 g/mol. The molecule has 0 rings (SSSR count). The summed E-state index contributed by atoms with van der Waals surface area (Å²) < 4.78 is 16.7. The van der Waals surface area contributed by atoms with E-state index in [1.807, 2.05) is 36.5 Å². The number of hydrogen-bond acceptors (Lipinski definition) is 6. The van der Waals surface area contributed by atoms with Crippen molar-refractivity contribution in [2.45, 2.75) is 219 Å². The van der Waals surface area contributed by atoms with E-state index in [9.17, 15) is 14.4 Å². The molecule has 0 aliphatic rings. The molecule has 0 aromatic rings. The zero-order chi connectivity index (χ0) is 43.0. The molecule has 336 valence electrons. The molecule has 0 radical (unpaired) electrons. The summed E-state index contributed by atoms with van der Waals surface area (Å²) in [5.41, 5.74) is 0. The molecular formula is C53H88O6. The van der Waals surface area contributed by atoms with Crippen molar-refractivity contribution in [1.29, 1.82) is 0 Å². The highest BCUT2D eigenvalue weighted by molar-refractivity contribution is 5.71. The molecule has 0 heterocycles. The fourth-order valence-corrected chi connectivity index (χ4v) is 6.41. The van der Waals surface area contributed by atoms with Gasteiger partial charge in [0.25, 0.3) is 0 Å². The molecule has 0 spiro atoms. The Morgan fingerprint density at radius 2 is 0.746 bits per heavy atom. The minimum Gasteiger partial charge on any atom is -0.462 e. The predicted molar refractivity (Wildman–Crippen MR) is 251 cm³/mol. The Morgan fingerprint density at radius 1 is 0.373 bits per heavy atom. The zero-order valence-corrected chi connectivity index (χ0v) is 38.2. The van der Waals surface area contributed by atoms with Crippen LogP contribution in [0.25, 0.3) is 0 Å². The van der Waals surface area contributed by atoms with Crippen molar-refractivity contribution in [3.63, 3.8) is 0 Å². The minimum atomic E-state index is -0.795. The second-order valence-electron chi connectivity index (χ2n) is 15.7. The van der Waals surface area contributed by atoms with Crippen molar-refractivity contribution >= 4 is 17.9 Å². The van der Waals surface area contributed by atoms with Crippen molar-refractivity contribution in [2.24, 2.45) is 0 Å². The Morgan fingerprint density at radius 3 is 1.25 bits per heavy atom. The van der Waals surface area contributed by atoms with Crippen LogP contribution in [-0.2, 0) is 28.6 Å². The molecule has 1 atom stereocenters. The van der Waals surface area contributed by atoms with Crippen LogP contribution in [0.5, 0.6) is 0 Å². The molecule has 0 bridgehead atoms. The van der Waals surface area contributed by atoms with Crippen LogP contribution in [0.1, 0.15) is 213 Å². The number of unbranched alkanes of at least 4 members (excludes halogenated alkanes) is 20. The first-order valence-electron chi connectivity index (χ1n) is 24.1. The summed E-state index contributed by atoms with van der Waals surface area (Å²) in [6.45, 7) is 6.32. The Kier molecular flexibility index (Phi) is 44.5. The lowest BCUT2D eigenvalue weighted by Crippen LogP contribution is -2.30. The lowest BCUT2D eigenvalue weighted by molar-refractivity contribution is -0.167. The summed E-state index contributed by atoms with van der Waals surface area (Å²) in [6.07, 6.45) is 60.0. The van der Waals surface area contributed by atoms with E-state index >= 15 is 0 Å². The van der Waals surface area contributed by atoms with Gasteiger partial charge in [-0.1, -0.05) is 209 Å². The van der Waals surface area contributed by atoms with Crippen LogP contribution < -0.4 is 0 Å². The SMILES string of the molecule is CC\C=C/C=C\C=C/C=C\CCCCCC(=O)OC(COC(=O)CCCCCCCCCCC)COC(=O)CCCCCCCCCCC/C=C\C/C=C\C/C=C\CC. The lowest BCUT2D eigenvalue weighted by atomic mass is 10.1. The molecular weight excluding hydrogens is 733 g/mol. The van der Waals surface area contributed by atoms with Gasteiger partial charge >= 0.3 is 17.9 Å². The third-order valence-electron chi connectivity index (χ3n) is 9.99. The van der Waals surface area contributed by atoms with Gasteiger partial charge in [0, 0.05) is 19.3 Å². The topological polar surface area (TPSA) is 78.9 Å². The number of carbonyl (C=O) groups excluding carboxylic acids is 3. The van der Waals surface area contributed by atoms with E-state index < -0.39 is 6.10 Å². The van der Waals surface area contributed by atoms with Gasteiger partial charge in [-0.3, -0.25) is 14.4 Å². The number of rotatable bonds is 42. The van der Waals surface area contributed by atoms with Crippen molar-refractivity contribution in [3.05, 3.63) is 85.1 Å². The Balaban J connectivity index is 4.37. The highest BCUT2D eigenvalue weighted by Crippen LogP contribution is 2.14. The highest BCUT2D eigenvalue weighted by Gasteiger charge is 2.19. The van der Waals surface area contributed by atoms with E-state index in [1.54, 1.807) is 0 Å². The molecule has 0 N–H and O–H groups in total. The fourth-order valence-electron chi connectivity index (χ4n) is 6.41. The Hall–Kier alpha value is -3.41. The van der Waals surface area contributed by atoms with E-state index in [1.165, 1.54) is 83.5 Å². The van der Waals surface area contributed by atoms with Gasteiger partial charge in [-0.25, -0.2) is 0 Å². The number of hydrogen-bond donors (Lipinski definition) is 0. The van der Waals surface area contributed by atoms with E-state index in [-0.39, 0.29) is 37.5 Å². The first-order valence-corrected chi connectivity index (χ1v) is 24.1. The predicted octanol–water partition coefficient (Wildman–Crippen LogP) is 15.6. The average Bonchev–Trinajstić information content (AvgIpc) is 3.23. The van der Waals surface area contributed by atoms with Crippen LogP contribution in [0.3, 0.4) is 0 Å². The summed E-state index contributed by atoms with van der Waals surface area (Å²) in [6, 6.07) is 0. The van der Waals surface area contributed by atoms with Crippen molar-refractivity contribution in [2.75, 3.05) is 13.2 Å². The molecule has 0 aromatic heterocycles. The standard InChI is InChI=1S/C53H88O6/c1-4-7-10-13-16-19-21-23-24-25-26-27-28-30-31-34-37-40-43-46-52(55)58-49-50(48-57-51(54)45-42-39-36-33-18-15-12-9-6-3)59-53(56)47-44-41-38-35-32-29-22-20-17-14-11-8-5-2/h7-8,10-11,14,16-17,19-20,22-24,29,32,50H,4-6,9,12-13,15,18,21,25-28,30-31,33-49H2,1-3H3/b10-7-,11-8-,17-14-,19-16-,22-20-,24-23-,32-29-. The maximum atomic E-state index is 12.7. The summed E-state index contributed by atoms with van der Waals surface area (Å²) in [5, 5.41) is 0. The van der Waals surface area contributed by atoms with Gasteiger partial charge < -0.3 is 14.2 Å². The Labute approximate surface area is 363 Å². The second kappa shape index (κ2) is 47.3. The smallest absolute Gasteiger partial charge is 0.306 e. The third kappa shape index (κ3) is 45.5. The largest absolute Gasteiger partial charge is 0.462 e. The van der Waals surface area contributed by atoms with Crippen LogP contribution >= 0.6 is 0 Å². The van der Waals surface area contributed by atoms with Gasteiger partial charge in [0.2, 0.25) is 0 Å². The highest BCUT2D eigenvalue weighted by atomic mass is 16.6. The quantitative estimate of drug-likeness (QED) is 0.0201. The van der Waals surface area contributed by atoms with Crippen molar-refractivity contribution < 1.29 is 28.6 Å². The maximum Gasteiger partial charge on any atom is 0.306 e. The van der Waals surface area contributed by atoms with E-state index in [0.717, 1.165) is 83.5 Å². The maximum absolute atomic E-state index is 12.7. The van der Waals surface area contributed by atoms with Gasteiger partial charge in [-0.2, -0.15) is 0 Å². The molecule has 1 unspecified atom stereocenters. The van der Waals surface area contributed by atoms with Crippen LogP contribution in [-0.4, -0.2) is 37.2 Å². The molecule has 0 fully saturated rings. The number of carbonyl (C=O) groups is 3. The molecule has 0 aliphatic heterocycles. The van der Waals surface area contributed by atoms with Crippen molar-refractivity contribution in [1.82, 2.24) is 0 Å². The van der Waals surface area contributed by atoms with Crippen LogP contribution in [0, 0.1) is 0 Å². The zero-order valence-electron chi connectivity index (χ0n) is 38.2. The molecule has 0 saturated carbocycles. The summed E-state index contributed by atoms with van der Waals surface area (Å²) in [7, 11) is 0. The first kappa shape index (κ1) is 55.6. The number of allylic oxidation sites excluding steroid dienone is 14. The summed E-state index contributed by atoms with van der Waals surface area (Å²) in [4.78, 5) is 37.8. The van der Waals surface area contributed by atoms with Gasteiger partial charge in [0.05, 0.1) is 0 Å². The van der Waals surface area contributed by atoms with Gasteiger partial charge in [0.1, 0.15) is 13.2 Å².